The van der Waals surface area contributed by atoms with Crippen LogP contribution in [0.25, 0.3) is 22.8 Å². The minimum atomic E-state index is -0.621. The third-order valence-electron chi connectivity index (χ3n) is 5.93. The maximum absolute atomic E-state index is 13.0. The second-order valence-electron chi connectivity index (χ2n) is 8.15. The van der Waals surface area contributed by atoms with Crippen LogP contribution in [0.15, 0.2) is 78.9 Å². The van der Waals surface area contributed by atoms with Crippen LogP contribution in [0.4, 0.5) is 0 Å². The molecule has 1 aliphatic rings. The van der Waals surface area contributed by atoms with E-state index in [9.17, 15) is 19.2 Å². The molecule has 174 valence electrons. The molecule has 0 aliphatic carbocycles. The zero-order chi connectivity index (χ0) is 25.1. The monoisotopic (exact) mass is 482 g/mol. The van der Waals surface area contributed by atoms with E-state index in [2.05, 4.69) is 6.58 Å². The second kappa shape index (κ2) is 10.1. The summed E-state index contributed by atoms with van der Waals surface area (Å²) in [5, 5.41) is 1.12. The van der Waals surface area contributed by atoms with Crippen molar-refractivity contribution in [2.75, 3.05) is 7.11 Å². The molecule has 0 saturated heterocycles. The highest BCUT2D eigenvalue weighted by molar-refractivity contribution is 7.76. The molecule has 2 unspecified atom stereocenters. The van der Waals surface area contributed by atoms with Gasteiger partial charge in [-0.3, -0.25) is 9.59 Å². The van der Waals surface area contributed by atoms with Crippen LogP contribution >= 0.6 is 8.58 Å². The van der Waals surface area contributed by atoms with Gasteiger partial charge in [-0.05, 0) is 39.3 Å². The van der Waals surface area contributed by atoms with E-state index in [0.717, 1.165) is 11.8 Å². The Morgan fingerprint density at radius 3 is 2.20 bits per heavy atom. The molecule has 5 nitrogen and oxygen atoms in total. The lowest BCUT2D eigenvalue weighted by atomic mass is 9.86. The Labute approximate surface area is 204 Å². The molecule has 3 aromatic carbocycles. The van der Waals surface area contributed by atoms with Crippen molar-refractivity contribution in [1.29, 1.82) is 0 Å². The number of methoxy groups -OCH3 is 1. The molecule has 0 saturated carbocycles. The van der Waals surface area contributed by atoms with Gasteiger partial charge in [-0.1, -0.05) is 74.2 Å². The van der Waals surface area contributed by atoms with E-state index < -0.39 is 20.5 Å². The quantitative estimate of drug-likeness (QED) is 0.231. The number of ether oxygens (including phenoxy) is 1. The number of carbonyl (C=O) groups is 4. The fourth-order valence-corrected chi connectivity index (χ4v) is 5.26. The van der Waals surface area contributed by atoms with Gasteiger partial charge in [-0.25, -0.2) is 4.79 Å². The minimum absolute atomic E-state index is 0.0799. The van der Waals surface area contributed by atoms with Gasteiger partial charge in [0.15, 0.2) is 11.0 Å². The Morgan fingerprint density at radius 2 is 1.60 bits per heavy atom. The standard InChI is InChI=1S/C29H23O5P/c1-17(27(31)34-3)14-21-22(24(18(2)16-30)19-10-6-4-7-11-19)15-23-26(29(33)35-28(23)32)25(21)20-12-8-5-9-13-20/h4-16,18,35H,1H2,2-3H3/b21-14+,24-22+. The minimum Gasteiger partial charge on any atom is -0.465 e. The summed E-state index contributed by atoms with van der Waals surface area (Å²) in [7, 11) is 0.756. The van der Waals surface area contributed by atoms with Crippen LogP contribution in [-0.4, -0.2) is 30.4 Å². The highest BCUT2D eigenvalue weighted by Gasteiger charge is 2.32. The molecule has 0 aromatic heterocycles. The smallest absolute Gasteiger partial charge is 0.337 e. The third kappa shape index (κ3) is 4.55. The number of esters is 1. The van der Waals surface area contributed by atoms with Gasteiger partial charge in [0.05, 0.1) is 12.7 Å². The van der Waals surface area contributed by atoms with Crippen molar-refractivity contribution in [3.63, 3.8) is 0 Å². The number of hydrogen-bond donors (Lipinski definition) is 0. The number of aldehydes is 1. The Bertz CT molecular complexity index is 1490. The molecular formula is C29H23O5P. The van der Waals surface area contributed by atoms with Gasteiger partial charge in [0.25, 0.3) is 0 Å². The van der Waals surface area contributed by atoms with Gasteiger partial charge < -0.3 is 9.53 Å². The number of fused-ring (bicyclic) bond motifs is 1. The Balaban J connectivity index is 2.32. The van der Waals surface area contributed by atoms with Gasteiger partial charge in [0, 0.05) is 31.2 Å². The lowest BCUT2D eigenvalue weighted by Gasteiger charge is -2.16. The first-order chi connectivity index (χ1) is 16.9. The summed E-state index contributed by atoms with van der Waals surface area (Å²) >= 11 is 0. The Morgan fingerprint density at radius 1 is 0.971 bits per heavy atom. The van der Waals surface area contributed by atoms with Gasteiger partial charge in [0.1, 0.15) is 6.29 Å². The predicted molar refractivity (Wildman–Crippen MR) is 138 cm³/mol. The number of rotatable bonds is 6. The zero-order valence-corrected chi connectivity index (χ0v) is 20.3. The molecule has 1 heterocycles. The van der Waals surface area contributed by atoms with Crippen molar-refractivity contribution in [2.24, 2.45) is 5.92 Å². The van der Waals surface area contributed by atoms with Crippen LogP contribution in [-0.2, 0) is 14.3 Å². The van der Waals surface area contributed by atoms with E-state index in [0.29, 0.717) is 38.3 Å². The highest BCUT2D eigenvalue weighted by atomic mass is 31.1. The summed E-state index contributed by atoms with van der Waals surface area (Å²) in [4.78, 5) is 50.3. The molecule has 0 spiro atoms. The molecule has 0 radical (unpaired) electrons. The van der Waals surface area contributed by atoms with Crippen molar-refractivity contribution < 1.29 is 23.9 Å². The van der Waals surface area contributed by atoms with E-state index in [1.54, 1.807) is 19.1 Å². The van der Waals surface area contributed by atoms with E-state index in [4.69, 9.17) is 4.74 Å². The van der Waals surface area contributed by atoms with Crippen LogP contribution in [0.2, 0.25) is 0 Å². The van der Waals surface area contributed by atoms with Gasteiger partial charge >= 0.3 is 5.97 Å². The third-order valence-corrected chi connectivity index (χ3v) is 6.90. The van der Waals surface area contributed by atoms with Crippen molar-refractivity contribution in [3.8, 4) is 11.1 Å². The van der Waals surface area contributed by atoms with Crippen molar-refractivity contribution in [3.05, 3.63) is 106 Å². The molecule has 35 heavy (non-hydrogen) atoms. The van der Waals surface area contributed by atoms with Crippen LogP contribution < -0.4 is 10.4 Å². The maximum atomic E-state index is 13.0. The Kier molecular flexibility index (Phi) is 6.99. The molecule has 0 amide bonds. The highest BCUT2D eigenvalue weighted by Crippen LogP contribution is 2.38. The topological polar surface area (TPSA) is 77.5 Å². The van der Waals surface area contributed by atoms with Crippen LogP contribution in [0.3, 0.4) is 0 Å². The average Bonchev–Trinajstić information content (AvgIpc) is 3.17. The first kappa shape index (κ1) is 24.2. The summed E-state index contributed by atoms with van der Waals surface area (Å²) < 4.78 is 4.86. The van der Waals surface area contributed by atoms with E-state index in [1.165, 1.54) is 7.11 Å². The summed E-state index contributed by atoms with van der Waals surface area (Å²) in [5.74, 6) is -1.16. The number of benzene rings is 3. The van der Waals surface area contributed by atoms with Gasteiger partial charge in [-0.15, -0.1) is 0 Å². The van der Waals surface area contributed by atoms with E-state index >= 15 is 0 Å². The SMILES string of the molecule is C=C(/C=c1/c(-c2ccccc2)c2c(c/c1=C(\c1ccccc1)C(C)C=O)C(=O)PC2=O)C(=O)OC. The summed E-state index contributed by atoms with van der Waals surface area (Å²) in [5.41, 5.74) is 2.98. The molecule has 3 aromatic rings. The first-order valence-corrected chi connectivity index (χ1v) is 12.0. The average molecular weight is 482 g/mol. The van der Waals surface area contributed by atoms with Crippen molar-refractivity contribution in [1.82, 2.24) is 0 Å². The normalized spacial score (nSPS) is 15.5. The maximum Gasteiger partial charge on any atom is 0.337 e. The molecule has 6 heteroatoms. The van der Waals surface area contributed by atoms with Crippen molar-refractivity contribution >= 4 is 43.5 Å². The van der Waals surface area contributed by atoms with Crippen LogP contribution in [0.1, 0.15) is 33.2 Å². The number of carbonyl (C=O) groups excluding carboxylic acids is 4. The summed E-state index contributed by atoms with van der Waals surface area (Å²) in [6, 6.07) is 20.3. The van der Waals surface area contributed by atoms with E-state index in [-0.39, 0.29) is 16.6 Å². The van der Waals surface area contributed by atoms with Crippen LogP contribution in [0.5, 0.6) is 0 Å². The molecule has 0 N–H and O–H groups in total. The van der Waals surface area contributed by atoms with Gasteiger partial charge in [-0.2, -0.15) is 0 Å². The lowest BCUT2D eigenvalue weighted by molar-refractivity contribution is -0.135. The fourth-order valence-electron chi connectivity index (χ4n) is 4.34. The van der Waals surface area contributed by atoms with E-state index in [1.807, 2.05) is 60.7 Å². The fraction of sp³-hybridized carbons (Fsp3) is 0.103. The van der Waals surface area contributed by atoms with Crippen LogP contribution in [0, 0.1) is 5.92 Å². The predicted octanol–water partition coefficient (Wildman–Crippen LogP) is 3.87. The largest absolute Gasteiger partial charge is 0.465 e. The molecule has 2 atom stereocenters. The summed E-state index contributed by atoms with van der Waals surface area (Å²) in [6.45, 7) is 5.64. The number of hydrogen-bond acceptors (Lipinski definition) is 5. The second-order valence-corrected chi connectivity index (χ2v) is 9.31. The first-order valence-electron chi connectivity index (χ1n) is 11.0. The van der Waals surface area contributed by atoms with Crippen molar-refractivity contribution in [2.45, 2.75) is 6.92 Å². The molecular weight excluding hydrogens is 459 g/mol. The zero-order valence-electron chi connectivity index (χ0n) is 19.3. The molecule has 0 bridgehead atoms. The molecule has 1 aliphatic heterocycles. The lowest BCUT2D eigenvalue weighted by Crippen LogP contribution is -2.34. The van der Waals surface area contributed by atoms with Gasteiger partial charge in [0.2, 0.25) is 0 Å². The molecule has 0 fully saturated rings. The summed E-state index contributed by atoms with van der Waals surface area (Å²) in [6.07, 6.45) is 2.41. The Hall–Kier alpha value is -3.95. The molecule has 4 rings (SSSR count).